The second kappa shape index (κ2) is 5.39. The molecule has 0 fully saturated rings. The SMILES string of the molecule is N#C[C@@H]1C(=O)N(Cc2ccccc2)c2ccccc2[C@@H]1O. The average Bonchev–Trinajstić information content (AvgIpc) is 2.53. The second-order valence-electron chi connectivity index (χ2n) is 5.02. The molecule has 4 nitrogen and oxygen atoms in total. The van der Waals surface area contributed by atoms with Gasteiger partial charge in [-0.2, -0.15) is 5.26 Å². The van der Waals surface area contributed by atoms with E-state index in [-0.39, 0.29) is 5.91 Å². The predicted octanol–water partition coefficient (Wildman–Crippen LogP) is 2.41. The number of carbonyl (C=O) groups excluding carboxylic acids is 1. The molecule has 0 radical (unpaired) electrons. The zero-order chi connectivity index (χ0) is 14.8. The first kappa shape index (κ1) is 13.3. The Morgan fingerprint density at radius 1 is 1.10 bits per heavy atom. The van der Waals surface area contributed by atoms with Crippen molar-refractivity contribution in [2.24, 2.45) is 5.92 Å². The third-order valence-corrected chi connectivity index (χ3v) is 3.72. The normalized spacial score (nSPS) is 20.8. The van der Waals surface area contributed by atoms with Gasteiger partial charge in [-0.3, -0.25) is 4.79 Å². The van der Waals surface area contributed by atoms with Gasteiger partial charge in [-0.05, 0) is 11.6 Å². The molecule has 0 spiro atoms. The molecule has 0 saturated heterocycles. The van der Waals surface area contributed by atoms with Crippen molar-refractivity contribution in [2.75, 3.05) is 4.90 Å². The number of anilines is 1. The van der Waals surface area contributed by atoms with Crippen LogP contribution in [0.15, 0.2) is 54.6 Å². The summed E-state index contributed by atoms with van der Waals surface area (Å²) in [7, 11) is 0. The molecule has 0 aromatic heterocycles. The molecule has 1 amide bonds. The van der Waals surface area contributed by atoms with Crippen LogP contribution in [0.1, 0.15) is 17.2 Å². The summed E-state index contributed by atoms with van der Waals surface area (Å²) in [5.41, 5.74) is 2.28. The Balaban J connectivity index is 2.04. The number of benzene rings is 2. The molecule has 2 aromatic carbocycles. The summed E-state index contributed by atoms with van der Waals surface area (Å²) in [6.45, 7) is 0.390. The third-order valence-electron chi connectivity index (χ3n) is 3.72. The first-order valence-corrected chi connectivity index (χ1v) is 6.74. The fourth-order valence-corrected chi connectivity index (χ4v) is 2.64. The molecule has 1 heterocycles. The lowest BCUT2D eigenvalue weighted by Crippen LogP contribution is -2.42. The smallest absolute Gasteiger partial charge is 0.247 e. The summed E-state index contributed by atoms with van der Waals surface area (Å²) < 4.78 is 0. The number of para-hydroxylation sites is 1. The van der Waals surface area contributed by atoms with E-state index in [4.69, 9.17) is 0 Å². The van der Waals surface area contributed by atoms with Gasteiger partial charge in [0.15, 0.2) is 5.92 Å². The van der Waals surface area contributed by atoms with Crippen LogP contribution in [-0.2, 0) is 11.3 Å². The van der Waals surface area contributed by atoms with Crippen LogP contribution in [0.2, 0.25) is 0 Å². The number of fused-ring (bicyclic) bond motifs is 1. The monoisotopic (exact) mass is 278 g/mol. The Morgan fingerprint density at radius 3 is 2.48 bits per heavy atom. The van der Waals surface area contributed by atoms with Gasteiger partial charge in [0.25, 0.3) is 0 Å². The third kappa shape index (κ3) is 2.28. The van der Waals surface area contributed by atoms with E-state index in [1.54, 1.807) is 23.1 Å². The van der Waals surface area contributed by atoms with Gasteiger partial charge < -0.3 is 10.0 Å². The van der Waals surface area contributed by atoms with Crippen LogP contribution in [0, 0.1) is 17.2 Å². The molecular formula is C17H14N2O2. The minimum Gasteiger partial charge on any atom is -0.386 e. The van der Waals surface area contributed by atoms with E-state index in [0.717, 1.165) is 5.56 Å². The summed E-state index contributed by atoms with van der Waals surface area (Å²) >= 11 is 0. The van der Waals surface area contributed by atoms with Crippen molar-refractivity contribution in [1.29, 1.82) is 5.26 Å². The number of rotatable bonds is 2. The van der Waals surface area contributed by atoms with Gasteiger partial charge in [-0.1, -0.05) is 48.5 Å². The predicted molar refractivity (Wildman–Crippen MR) is 78.1 cm³/mol. The van der Waals surface area contributed by atoms with Crippen molar-refractivity contribution >= 4 is 11.6 Å². The van der Waals surface area contributed by atoms with E-state index >= 15 is 0 Å². The Labute approximate surface area is 122 Å². The minimum absolute atomic E-state index is 0.354. The number of aliphatic hydroxyl groups is 1. The summed E-state index contributed by atoms with van der Waals surface area (Å²) in [6, 6.07) is 18.7. The molecule has 21 heavy (non-hydrogen) atoms. The van der Waals surface area contributed by atoms with Gasteiger partial charge >= 0.3 is 0 Å². The molecule has 1 N–H and O–H groups in total. The van der Waals surface area contributed by atoms with Gasteiger partial charge in [0.05, 0.1) is 12.6 Å². The zero-order valence-corrected chi connectivity index (χ0v) is 11.3. The van der Waals surface area contributed by atoms with Crippen molar-refractivity contribution in [3.63, 3.8) is 0 Å². The summed E-state index contributed by atoms with van der Waals surface area (Å²) in [4.78, 5) is 14.1. The largest absolute Gasteiger partial charge is 0.386 e. The topological polar surface area (TPSA) is 64.3 Å². The van der Waals surface area contributed by atoms with Crippen molar-refractivity contribution in [3.05, 3.63) is 65.7 Å². The van der Waals surface area contributed by atoms with Crippen LogP contribution in [0.3, 0.4) is 0 Å². The van der Waals surface area contributed by atoms with E-state index in [0.29, 0.717) is 17.8 Å². The van der Waals surface area contributed by atoms with Gasteiger partial charge in [-0.25, -0.2) is 0 Å². The van der Waals surface area contributed by atoms with E-state index in [2.05, 4.69) is 0 Å². The van der Waals surface area contributed by atoms with E-state index in [1.807, 2.05) is 42.5 Å². The van der Waals surface area contributed by atoms with Crippen LogP contribution in [-0.4, -0.2) is 11.0 Å². The standard InChI is InChI=1S/C17H14N2O2/c18-10-14-16(20)13-8-4-5-9-15(13)19(17(14)21)11-12-6-2-1-3-7-12/h1-9,14,16,20H,11H2/t14-,16-/m0/s1. The van der Waals surface area contributed by atoms with Crippen LogP contribution >= 0.6 is 0 Å². The second-order valence-corrected chi connectivity index (χ2v) is 5.02. The maximum Gasteiger partial charge on any atom is 0.247 e. The molecule has 2 atom stereocenters. The highest BCUT2D eigenvalue weighted by molar-refractivity contribution is 6.00. The van der Waals surface area contributed by atoms with Crippen LogP contribution in [0.25, 0.3) is 0 Å². The summed E-state index contributed by atoms with van der Waals surface area (Å²) in [5.74, 6) is -1.41. The lowest BCUT2D eigenvalue weighted by molar-refractivity contribution is -0.124. The first-order chi connectivity index (χ1) is 10.2. The summed E-state index contributed by atoms with van der Waals surface area (Å²) in [6.07, 6.45) is -1.06. The Kier molecular flexibility index (Phi) is 3.43. The van der Waals surface area contributed by atoms with Crippen molar-refractivity contribution in [1.82, 2.24) is 0 Å². The average molecular weight is 278 g/mol. The van der Waals surface area contributed by atoms with E-state index in [1.165, 1.54) is 0 Å². The number of amides is 1. The molecule has 1 aliphatic heterocycles. The van der Waals surface area contributed by atoms with Gasteiger partial charge in [0.1, 0.15) is 6.10 Å². The Morgan fingerprint density at radius 2 is 1.76 bits per heavy atom. The molecule has 2 aromatic rings. The highest BCUT2D eigenvalue weighted by Gasteiger charge is 2.39. The van der Waals surface area contributed by atoms with Crippen molar-refractivity contribution < 1.29 is 9.90 Å². The fourth-order valence-electron chi connectivity index (χ4n) is 2.64. The Bertz CT molecular complexity index is 706. The maximum atomic E-state index is 12.5. The van der Waals surface area contributed by atoms with Crippen LogP contribution in [0.5, 0.6) is 0 Å². The highest BCUT2D eigenvalue weighted by atomic mass is 16.3. The van der Waals surface area contributed by atoms with E-state index in [9.17, 15) is 15.2 Å². The number of hydrogen-bond donors (Lipinski definition) is 1. The molecule has 4 heteroatoms. The molecule has 0 aliphatic carbocycles. The number of aliphatic hydroxyl groups excluding tert-OH is 1. The lowest BCUT2D eigenvalue weighted by atomic mass is 9.89. The van der Waals surface area contributed by atoms with Gasteiger partial charge in [0, 0.05) is 11.3 Å². The number of nitrogens with zero attached hydrogens (tertiary/aromatic N) is 2. The minimum atomic E-state index is -1.06. The molecule has 0 unspecified atom stereocenters. The molecule has 0 bridgehead atoms. The zero-order valence-electron chi connectivity index (χ0n) is 11.3. The molecule has 104 valence electrons. The molecular weight excluding hydrogens is 264 g/mol. The van der Waals surface area contributed by atoms with Crippen molar-refractivity contribution in [3.8, 4) is 6.07 Å². The van der Waals surface area contributed by atoms with Crippen molar-refractivity contribution in [2.45, 2.75) is 12.6 Å². The lowest BCUT2D eigenvalue weighted by Gasteiger charge is -2.34. The number of carbonyl (C=O) groups is 1. The van der Waals surface area contributed by atoms with Gasteiger partial charge in [0.2, 0.25) is 5.91 Å². The number of nitriles is 1. The quantitative estimate of drug-likeness (QED) is 0.917. The Hall–Kier alpha value is -2.64. The molecule has 0 saturated carbocycles. The highest BCUT2D eigenvalue weighted by Crippen LogP contribution is 2.38. The first-order valence-electron chi connectivity index (χ1n) is 6.74. The fraction of sp³-hybridized carbons (Fsp3) is 0.176. The van der Waals surface area contributed by atoms with Crippen LogP contribution < -0.4 is 4.90 Å². The molecule has 3 rings (SSSR count). The van der Waals surface area contributed by atoms with Gasteiger partial charge in [-0.15, -0.1) is 0 Å². The van der Waals surface area contributed by atoms with Crippen LogP contribution in [0.4, 0.5) is 5.69 Å². The summed E-state index contributed by atoms with van der Waals surface area (Å²) in [5, 5.41) is 19.4. The number of hydrogen-bond acceptors (Lipinski definition) is 3. The maximum absolute atomic E-state index is 12.5. The van der Waals surface area contributed by atoms with E-state index < -0.39 is 12.0 Å². The molecule has 1 aliphatic rings.